The maximum absolute atomic E-state index is 13.2. The Hall–Kier alpha value is -3.74. The average Bonchev–Trinajstić information content (AvgIpc) is 3.21. The molecule has 0 bridgehead atoms. The molecule has 1 N–H and O–H groups in total. The maximum Gasteiger partial charge on any atom is 0.322 e. The topological polar surface area (TPSA) is 71.3 Å². The number of amides is 2. The summed E-state index contributed by atoms with van der Waals surface area (Å²) in [4.78, 5) is 18.7. The molecule has 0 saturated carbocycles. The second kappa shape index (κ2) is 7.71. The molecule has 1 aliphatic heterocycles. The molecule has 1 aromatic heterocycles. The largest absolute Gasteiger partial charge is 0.334 e. The van der Waals surface area contributed by atoms with E-state index in [1.165, 1.54) is 12.1 Å². The van der Waals surface area contributed by atoms with Gasteiger partial charge in [-0.3, -0.25) is 4.90 Å². The first-order valence-corrected chi connectivity index (χ1v) is 9.13. The Labute approximate surface area is 167 Å². The summed E-state index contributed by atoms with van der Waals surface area (Å²) in [5.41, 5.74) is 2.95. The Morgan fingerprint density at radius 3 is 2.62 bits per heavy atom. The van der Waals surface area contributed by atoms with Crippen LogP contribution in [0.4, 0.5) is 9.18 Å². The molecule has 2 amide bonds. The van der Waals surface area contributed by atoms with Gasteiger partial charge in [0.1, 0.15) is 5.82 Å². The van der Waals surface area contributed by atoms with E-state index in [9.17, 15) is 9.18 Å². The van der Waals surface area contributed by atoms with Crippen molar-refractivity contribution in [1.29, 1.82) is 0 Å². The first kappa shape index (κ1) is 18.6. The molecule has 1 atom stereocenters. The highest BCUT2D eigenvalue weighted by Crippen LogP contribution is 2.37. The predicted octanol–water partition coefficient (Wildman–Crippen LogP) is 4.56. The molecule has 0 radical (unpaired) electrons. The third-order valence-electron chi connectivity index (χ3n) is 4.80. The summed E-state index contributed by atoms with van der Waals surface area (Å²) in [5, 5.41) is 7.06. The van der Waals surface area contributed by atoms with E-state index in [2.05, 4.69) is 22.0 Å². The van der Waals surface area contributed by atoms with Gasteiger partial charge in [-0.25, -0.2) is 9.18 Å². The molecule has 0 aliphatic carbocycles. The van der Waals surface area contributed by atoms with E-state index < -0.39 is 6.04 Å². The molecule has 1 aliphatic rings. The van der Waals surface area contributed by atoms with Crippen LogP contribution in [0.2, 0.25) is 0 Å². The van der Waals surface area contributed by atoms with Crippen molar-refractivity contribution < 1.29 is 13.7 Å². The van der Waals surface area contributed by atoms with Gasteiger partial charge in [-0.15, -0.1) is 6.58 Å². The van der Waals surface area contributed by atoms with Crippen LogP contribution < -0.4 is 5.32 Å². The summed E-state index contributed by atoms with van der Waals surface area (Å²) in [6, 6.07) is 14.8. The van der Waals surface area contributed by atoms with Gasteiger partial charge in [0.05, 0.1) is 11.6 Å². The van der Waals surface area contributed by atoms with Crippen molar-refractivity contribution in [2.45, 2.75) is 13.0 Å². The Kier molecular flexibility index (Phi) is 4.95. The van der Waals surface area contributed by atoms with Crippen molar-refractivity contribution in [1.82, 2.24) is 20.4 Å². The molecule has 1 unspecified atom stereocenters. The fraction of sp³-hybridized carbons (Fsp3) is 0.136. The summed E-state index contributed by atoms with van der Waals surface area (Å²) in [5.74, 6) is 0.305. The number of nitrogens with zero attached hydrogens (tertiary/aromatic N) is 3. The van der Waals surface area contributed by atoms with Gasteiger partial charge in [0.15, 0.2) is 0 Å². The summed E-state index contributed by atoms with van der Waals surface area (Å²) in [7, 11) is 0. The second-order valence-corrected chi connectivity index (χ2v) is 6.62. The number of aromatic nitrogens is 2. The van der Waals surface area contributed by atoms with Crippen LogP contribution in [0, 0.1) is 5.82 Å². The van der Waals surface area contributed by atoms with Crippen molar-refractivity contribution in [2.75, 3.05) is 6.54 Å². The fourth-order valence-corrected chi connectivity index (χ4v) is 3.35. The van der Waals surface area contributed by atoms with E-state index in [-0.39, 0.29) is 11.8 Å². The number of rotatable bonds is 5. The van der Waals surface area contributed by atoms with Gasteiger partial charge >= 0.3 is 6.03 Å². The van der Waals surface area contributed by atoms with Crippen molar-refractivity contribution in [3.63, 3.8) is 0 Å². The molecule has 2 aromatic carbocycles. The number of nitrogens with one attached hydrogen (secondary N) is 1. The van der Waals surface area contributed by atoms with Crippen LogP contribution in [0.1, 0.15) is 24.4 Å². The van der Waals surface area contributed by atoms with Gasteiger partial charge < -0.3 is 9.84 Å². The molecule has 29 heavy (non-hydrogen) atoms. The summed E-state index contributed by atoms with van der Waals surface area (Å²) in [6.07, 6.45) is 1.65. The van der Waals surface area contributed by atoms with Crippen LogP contribution in [-0.4, -0.2) is 27.6 Å². The quantitative estimate of drug-likeness (QED) is 0.649. The lowest BCUT2D eigenvalue weighted by molar-refractivity contribution is 0.209. The molecular formula is C22H19FN4O2. The minimum atomic E-state index is -0.439. The lowest BCUT2D eigenvalue weighted by Gasteiger charge is -2.34. The first-order valence-electron chi connectivity index (χ1n) is 9.13. The van der Waals surface area contributed by atoms with Gasteiger partial charge in [0.25, 0.3) is 5.89 Å². The Balaban J connectivity index is 1.81. The third-order valence-corrected chi connectivity index (χ3v) is 4.80. The van der Waals surface area contributed by atoms with Crippen molar-refractivity contribution >= 4 is 11.6 Å². The smallest absolute Gasteiger partial charge is 0.322 e. The summed E-state index contributed by atoms with van der Waals surface area (Å²) < 4.78 is 18.8. The second-order valence-electron chi connectivity index (χ2n) is 6.62. The fourth-order valence-electron chi connectivity index (χ4n) is 3.35. The SMILES string of the molecule is C=CCN1C(=O)NC(c2ccccc2)C(c2nc(-c3ccc(F)cc3)no2)=C1C. The van der Waals surface area contributed by atoms with Crippen molar-refractivity contribution in [3.8, 4) is 11.4 Å². The zero-order valence-corrected chi connectivity index (χ0v) is 15.8. The van der Waals surface area contributed by atoms with Gasteiger partial charge in [-0.05, 0) is 36.8 Å². The molecule has 2 heterocycles. The monoisotopic (exact) mass is 390 g/mol. The normalized spacial score (nSPS) is 16.7. The number of allylic oxidation sites excluding steroid dienone is 1. The van der Waals surface area contributed by atoms with Gasteiger partial charge in [0, 0.05) is 17.8 Å². The van der Waals surface area contributed by atoms with Gasteiger partial charge in [0.2, 0.25) is 5.82 Å². The highest BCUT2D eigenvalue weighted by Gasteiger charge is 2.35. The third kappa shape index (κ3) is 3.54. The number of hydrogen-bond acceptors (Lipinski definition) is 4. The number of urea groups is 1. The zero-order chi connectivity index (χ0) is 20.4. The number of carbonyl (C=O) groups excluding carboxylic acids is 1. The molecule has 0 spiro atoms. The van der Waals surface area contributed by atoms with Crippen LogP contribution >= 0.6 is 0 Å². The molecule has 0 fully saturated rings. The minimum Gasteiger partial charge on any atom is -0.334 e. The van der Waals surface area contributed by atoms with Gasteiger partial charge in [-0.1, -0.05) is 41.6 Å². The highest BCUT2D eigenvalue weighted by molar-refractivity contribution is 5.87. The summed E-state index contributed by atoms with van der Waals surface area (Å²) >= 11 is 0. The number of benzene rings is 2. The number of hydrogen-bond donors (Lipinski definition) is 1. The highest BCUT2D eigenvalue weighted by atomic mass is 19.1. The lowest BCUT2D eigenvalue weighted by Crippen LogP contribution is -2.46. The predicted molar refractivity (Wildman–Crippen MR) is 107 cm³/mol. The Morgan fingerprint density at radius 1 is 1.21 bits per heavy atom. The zero-order valence-electron chi connectivity index (χ0n) is 15.8. The number of carbonyl (C=O) groups is 1. The van der Waals surface area contributed by atoms with Crippen LogP contribution in [0.25, 0.3) is 17.0 Å². The lowest BCUT2D eigenvalue weighted by atomic mass is 9.95. The number of halogens is 1. The van der Waals surface area contributed by atoms with Crippen LogP contribution in [0.3, 0.4) is 0 Å². The average molecular weight is 390 g/mol. The molecule has 6 nitrogen and oxygen atoms in total. The minimum absolute atomic E-state index is 0.224. The van der Waals surface area contributed by atoms with E-state index >= 15 is 0 Å². The van der Waals surface area contributed by atoms with E-state index in [0.29, 0.717) is 35.1 Å². The van der Waals surface area contributed by atoms with E-state index in [1.807, 2.05) is 37.3 Å². The molecule has 146 valence electrons. The molecule has 4 rings (SSSR count). The Morgan fingerprint density at radius 2 is 1.93 bits per heavy atom. The molecule has 0 saturated heterocycles. The van der Waals surface area contributed by atoms with E-state index in [1.54, 1.807) is 23.1 Å². The van der Waals surface area contributed by atoms with E-state index in [4.69, 9.17) is 4.52 Å². The maximum atomic E-state index is 13.2. The first-order chi connectivity index (χ1) is 14.1. The molecular weight excluding hydrogens is 371 g/mol. The molecule has 3 aromatic rings. The van der Waals surface area contributed by atoms with Crippen LogP contribution in [0.15, 0.2) is 77.5 Å². The van der Waals surface area contributed by atoms with E-state index in [0.717, 1.165) is 5.56 Å². The Bertz CT molecular complexity index is 1070. The van der Waals surface area contributed by atoms with Gasteiger partial charge in [-0.2, -0.15) is 4.98 Å². The van der Waals surface area contributed by atoms with Crippen LogP contribution in [-0.2, 0) is 0 Å². The van der Waals surface area contributed by atoms with Crippen molar-refractivity contribution in [3.05, 3.63) is 90.2 Å². The standard InChI is InChI=1S/C22H19FN4O2/c1-3-13-27-14(2)18(19(24-22(27)28)15-7-5-4-6-8-15)21-25-20(26-29-21)16-9-11-17(23)12-10-16/h3-12,19H,1,13H2,2H3,(H,24,28). The van der Waals surface area contributed by atoms with Crippen molar-refractivity contribution in [2.24, 2.45) is 0 Å². The van der Waals surface area contributed by atoms with Crippen LogP contribution in [0.5, 0.6) is 0 Å². The molecule has 7 heteroatoms. The summed E-state index contributed by atoms with van der Waals surface area (Å²) in [6.45, 7) is 5.91.